The first-order valence-electron chi connectivity index (χ1n) is 6.69. The Morgan fingerprint density at radius 2 is 1.95 bits per heavy atom. The second-order valence-electron chi connectivity index (χ2n) is 4.55. The van der Waals surface area contributed by atoms with Crippen LogP contribution in [-0.4, -0.2) is 47.2 Å². The summed E-state index contributed by atoms with van der Waals surface area (Å²) < 4.78 is 5.31. The molecule has 0 atom stereocenters. The van der Waals surface area contributed by atoms with Gasteiger partial charge in [0.25, 0.3) is 5.91 Å². The normalized spacial score (nSPS) is 14.8. The van der Waals surface area contributed by atoms with Crippen molar-refractivity contribution in [1.82, 2.24) is 15.0 Å². The van der Waals surface area contributed by atoms with Gasteiger partial charge < -0.3 is 15.0 Å². The molecule has 2 aromatic heterocycles. The summed E-state index contributed by atoms with van der Waals surface area (Å²) in [6.45, 7) is 2.87. The van der Waals surface area contributed by atoms with Gasteiger partial charge in [-0.2, -0.15) is 0 Å². The average Bonchev–Trinajstić information content (AvgIpc) is 2.57. The van der Waals surface area contributed by atoms with Gasteiger partial charge in [0.2, 0.25) is 0 Å². The lowest BCUT2D eigenvalue weighted by molar-refractivity contribution is 0.102. The van der Waals surface area contributed by atoms with E-state index < -0.39 is 0 Å². The van der Waals surface area contributed by atoms with Crippen molar-refractivity contribution >= 4 is 17.4 Å². The van der Waals surface area contributed by atoms with Crippen LogP contribution in [0.5, 0.6) is 0 Å². The van der Waals surface area contributed by atoms with Crippen LogP contribution in [0.3, 0.4) is 0 Å². The van der Waals surface area contributed by atoms with Crippen molar-refractivity contribution in [3.05, 3.63) is 42.6 Å². The van der Waals surface area contributed by atoms with E-state index in [4.69, 9.17) is 4.74 Å². The molecule has 0 radical (unpaired) electrons. The number of pyridine rings is 1. The van der Waals surface area contributed by atoms with E-state index in [0.29, 0.717) is 24.6 Å². The molecule has 1 aliphatic heterocycles. The van der Waals surface area contributed by atoms with Crippen molar-refractivity contribution in [2.24, 2.45) is 0 Å². The van der Waals surface area contributed by atoms with E-state index in [1.165, 1.54) is 6.33 Å². The number of morpholine rings is 1. The number of nitrogens with one attached hydrogen (secondary N) is 1. The monoisotopic (exact) mass is 285 g/mol. The van der Waals surface area contributed by atoms with Gasteiger partial charge in [-0.15, -0.1) is 0 Å². The van der Waals surface area contributed by atoms with Gasteiger partial charge in [-0.05, 0) is 12.1 Å². The van der Waals surface area contributed by atoms with Crippen LogP contribution in [0.2, 0.25) is 0 Å². The van der Waals surface area contributed by atoms with E-state index in [1.54, 1.807) is 30.6 Å². The van der Waals surface area contributed by atoms with Crippen molar-refractivity contribution in [2.75, 3.05) is 36.5 Å². The summed E-state index contributed by atoms with van der Waals surface area (Å²) >= 11 is 0. The first-order valence-corrected chi connectivity index (χ1v) is 6.69. The molecule has 3 heterocycles. The van der Waals surface area contributed by atoms with Crippen molar-refractivity contribution in [3.8, 4) is 0 Å². The van der Waals surface area contributed by atoms with E-state index in [2.05, 4.69) is 25.2 Å². The van der Waals surface area contributed by atoms with Crippen LogP contribution in [0.25, 0.3) is 0 Å². The minimum atomic E-state index is -0.266. The highest BCUT2D eigenvalue weighted by Gasteiger charge is 2.15. The number of hydrogen-bond acceptors (Lipinski definition) is 6. The summed E-state index contributed by atoms with van der Waals surface area (Å²) in [5.74, 6) is 0.478. The number of rotatable bonds is 3. The predicted molar refractivity (Wildman–Crippen MR) is 77.3 cm³/mol. The summed E-state index contributed by atoms with van der Waals surface area (Å²) in [6.07, 6.45) is 4.65. The fraction of sp³-hybridized carbons (Fsp3) is 0.286. The van der Waals surface area contributed by atoms with Crippen LogP contribution < -0.4 is 10.2 Å². The Labute approximate surface area is 122 Å². The van der Waals surface area contributed by atoms with Gasteiger partial charge in [-0.1, -0.05) is 0 Å². The molecule has 0 spiro atoms. The third-order valence-corrected chi connectivity index (χ3v) is 3.16. The van der Waals surface area contributed by atoms with Gasteiger partial charge in [0, 0.05) is 37.2 Å². The number of ether oxygens (including phenoxy) is 1. The second-order valence-corrected chi connectivity index (χ2v) is 4.55. The van der Waals surface area contributed by atoms with E-state index in [-0.39, 0.29) is 5.91 Å². The second kappa shape index (κ2) is 6.27. The van der Waals surface area contributed by atoms with Crippen LogP contribution in [0.4, 0.5) is 11.5 Å². The molecule has 1 aliphatic rings. The Morgan fingerprint density at radius 3 is 2.71 bits per heavy atom. The molecular weight excluding hydrogens is 270 g/mol. The summed E-state index contributed by atoms with van der Waals surface area (Å²) in [4.78, 5) is 26.4. The third kappa shape index (κ3) is 3.32. The first-order chi connectivity index (χ1) is 10.3. The molecule has 1 N–H and O–H groups in total. The highest BCUT2D eigenvalue weighted by molar-refractivity contribution is 6.03. The van der Waals surface area contributed by atoms with Gasteiger partial charge in [-0.25, -0.2) is 9.97 Å². The zero-order chi connectivity index (χ0) is 14.5. The highest BCUT2D eigenvalue weighted by Crippen LogP contribution is 2.14. The molecule has 7 heteroatoms. The SMILES string of the molecule is O=C(Nc1ccncc1)c1cc(N2CCOCC2)ncn1. The van der Waals surface area contributed by atoms with Crippen molar-refractivity contribution in [2.45, 2.75) is 0 Å². The molecule has 0 aliphatic carbocycles. The van der Waals surface area contributed by atoms with Crippen molar-refractivity contribution in [1.29, 1.82) is 0 Å². The van der Waals surface area contributed by atoms with E-state index in [1.807, 2.05) is 0 Å². The van der Waals surface area contributed by atoms with E-state index >= 15 is 0 Å². The molecule has 1 saturated heterocycles. The van der Waals surface area contributed by atoms with Crippen LogP contribution in [-0.2, 0) is 4.74 Å². The molecule has 1 amide bonds. The topological polar surface area (TPSA) is 80.2 Å². The summed E-state index contributed by atoms with van der Waals surface area (Å²) in [6, 6.07) is 5.14. The predicted octanol–water partition coefficient (Wildman–Crippen LogP) is 0.960. The van der Waals surface area contributed by atoms with Crippen molar-refractivity contribution < 1.29 is 9.53 Å². The quantitative estimate of drug-likeness (QED) is 0.904. The molecule has 0 unspecified atom stereocenters. The Morgan fingerprint density at radius 1 is 1.19 bits per heavy atom. The molecule has 0 saturated carbocycles. The number of nitrogens with zero attached hydrogens (tertiary/aromatic N) is 4. The fourth-order valence-electron chi connectivity index (χ4n) is 2.07. The Bertz CT molecular complexity index is 614. The molecule has 21 heavy (non-hydrogen) atoms. The maximum atomic E-state index is 12.2. The number of hydrogen-bond donors (Lipinski definition) is 1. The zero-order valence-electron chi connectivity index (χ0n) is 11.4. The maximum absolute atomic E-state index is 12.2. The summed E-state index contributed by atoms with van der Waals surface area (Å²) in [7, 11) is 0. The number of carbonyl (C=O) groups excluding carboxylic acids is 1. The molecule has 3 rings (SSSR count). The summed E-state index contributed by atoms with van der Waals surface area (Å²) in [5, 5.41) is 2.78. The van der Waals surface area contributed by atoms with Crippen LogP contribution in [0.15, 0.2) is 36.9 Å². The van der Waals surface area contributed by atoms with Gasteiger partial charge >= 0.3 is 0 Å². The molecule has 0 aromatic carbocycles. The van der Waals surface area contributed by atoms with E-state index in [0.717, 1.165) is 18.9 Å². The van der Waals surface area contributed by atoms with Gasteiger partial charge in [-0.3, -0.25) is 9.78 Å². The van der Waals surface area contributed by atoms with Crippen LogP contribution in [0, 0.1) is 0 Å². The van der Waals surface area contributed by atoms with Crippen molar-refractivity contribution in [3.63, 3.8) is 0 Å². The molecule has 1 fully saturated rings. The standard InChI is InChI=1S/C14H15N5O2/c20-14(18-11-1-3-15-4-2-11)12-9-13(17-10-16-12)19-5-7-21-8-6-19/h1-4,9-10H,5-8H2,(H,15,18,20). The Balaban J connectivity index is 1.74. The zero-order valence-corrected chi connectivity index (χ0v) is 11.4. The number of carbonyl (C=O) groups is 1. The molecular formula is C14H15N5O2. The largest absolute Gasteiger partial charge is 0.378 e. The van der Waals surface area contributed by atoms with Gasteiger partial charge in [0.1, 0.15) is 17.8 Å². The number of amides is 1. The van der Waals surface area contributed by atoms with E-state index in [9.17, 15) is 4.79 Å². The van der Waals surface area contributed by atoms with Gasteiger partial charge in [0.15, 0.2) is 0 Å². The molecule has 0 bridgehead atoms. The third-order valence-electron chi connectivity index (χ3n) is 3.16. The molecule has 7 nitrogen and oxygen atoms in total. The van der Waals surface area contributed by atoms with Gasteiger partial charge in [0.05, 0.1) is 13.2 Å². The molecule has 2 aromatic rings. The minimum Gasteiger partial charge on any atom is -0.378 e. The lowest BCUT2D eigenvalue weighted by Gasteiger charge is -2.27. The summed E-state index contributed by atoms with van der Waals surface area (Å²) in [5.41, 5.74) is 1.02. The smallest absolute Gasteiger partial charge is 0.274 e. The minimum absolute atomic E-state index is 0.266. The Hall–Kier alpha value is -2.54. The van der Waals surface area contributed by atoms with Crippen LogP contribution in [0.1, 0.15) is 10.5 Å². The number of aromatic nitrogens is 3. The number of anilines is 2. The average molecular weight is 285 g/mol. The lowest BCUT2D eigenvalue weighted by atomic mass is 10.3. The fourth-order valence-corrected chi connectivity index (χ4v) is 2.07. The first kappa shape index (κ1) is 13.4. The Kier molecular flexibility index (Phi) is 4.02. The highest BCUT2D eigenvalue weighted by atomic mass is 16.5. The molecule has 108 valence electrons. The van der Waals surface area contributed by atoms with Crippen LogP contribution >= 0.6 is 0 Å². The lowest BCUT2D eigenvalue weighted by Crippen LogP contribution is -2.37. The maximum Gasteiger partial charge on any atom is 0.274 e.